The highest BCUT2D eigenvalue weighted by Crippen LogP contribution is 2.28. The molecular weight excluding hydrogens is 230 g/mol. The Balaban J connectivity index is 3.73. The van der Waals surface area contributed by atoms with Crippen molar-refractivity contribution >= 4 is 0 Å². The van der Waals surface area contributed by atoms with Gasteiger partial charge in [0, 0.05) is 12.1 Å². The second kappa shape index (κ2) is 9.80. The number of unbranched alkanes of at least 4 members (excludes halogenated alkanes) is 6. The highest BCUT2D eigenvalue weighted by atomic mass is 15.0. The fourth-order valence-electron chi connectivity index (χ4n) is 2.38. The smallest absolute Gasteiger partial charge is 0.00967 e. The average molecular weight is 270 g/mol. The summed E-state index contributed by atoms with van der Waals surface area (Å²) in [5.41, 5.74) is 0.729. The highest BCUT2D eigenvalue weighted by Gasteiger charge is 2.23. The van der Waals surface area contributed by atoms with E-state index >= 15 is 0 Å². The van der Waals surface area contributed by atoms with Gasteiger partial charge in [-0.15, -0.1) is 0 Å². The van der Waals surface area contributed by atoms with Crippen LogP contribution in [0.4, 0.5) is 0 Å². The van der Waals surface area contributed by atoms with E-state index < -0.39 is 0 Å². The normalized spacial score (nSPS) is 15.5. The molecular formula is C18H39N. The molecule has 0 aromatic carbocycles. The Kier molecular flexibility index (Phi) is 9.78. The SMILES string of the molecule is CCCCCCCCCC(C)(CC)CNC(C)(C)C. The maximum absolute atomic E-state index is 3.68. The molecule has 0 heterocycles. The molecule has 1 atom stereocenters. The lowest BCUT2D eigenvalue weighted by Crippen LogP contribution is -2.42. The van der Waals surface area contributed by atoms with E-state index in [0.29, 0.717) is 5.41 Å². The van der Waals surface area contributed by atoms with Gasteiger partial charge < -0.3 is 5.32 Å². The van der Waals surface area contributed by atoms with Crippen molar-refractivity contribution in [2.75, 3.05) is 6.54 Å². The Morgan fingerprint density at radius 1 is 0.737 bits per heavy atom. The van der Waals surface area contributed by atoms with Crippen LogP contribution in [-0.4, -0.2) is 12.1 Å². The van der Waals surface area contributed by atoms with Crippen LogP contribution in [0.5, 0.6) is 0 Å². The summed E-state index contributed by atoms with van der Waals surface area (Å²) >= 11 is 0. The Morgan fingerprint density at radius 3 is 1.74 bits per heavy atom. The van der Waals surface area contributed by atoms with Crippen LogP contribution in [0.15, 0.2) is 0 Å². The van der Waals surface area contributed by atoms with Gasteiger partial charge in [0.05, 0.1) is 0 Å². The first kappa shape index (κ1) is 19.0. The molecule has 0 aromatic rings. The van der Waals surface area contributed by atoms with Gasteiger partial charge in [0.25, 0.3) is 0 Å². The third kappa shape index (κ3) is 11.5. The molecule has 0 aliphatic rings. The van der Waals surface area contributed by atoms with Gasteiger partial charge in [-0.05, 0) is 39.0 Å². The molecule has 0 amide bonds. The molecule has 0 bridgehead atoms. The first-order valence-electron chi connectivity index (χ1n) is 8.58. The van der Waals surface area contributed by atoms with E-state index in [2.05, 4.69) is 46.9 Å². The number of rotatable bonds is 11. The van der Waals surface area contributed by atoms with Crippen molar-refractivity contribution in [1.82, 2.24) is 5.32 Å². The molecule has 0 aliphatic heterocycles. The summed E-state index contributed by atoms with van der Waals surface area (Å²) in [5.74, 6) is 0. The topological polar surface area (TPSA) is 12.0 Å². The summed E-state index contributed by atoms with van der Waals surface area (Å²) in [6, 6.07) is 0. The van der Waals surface area contributed by atoms with Crippen LogP contribution in [0.2, 0.25) is 0 Å². The first-order valence-corrected chi connectivity index (χ1v) is 8.58. The summed E-state index contributed by atoms with van der Waals surface area (Å²) in [7, 11) is 0. The quantitative estimate of drug-likeness (QED) is 0.458. The average Bonchev–Trinajstić information content (AvgIpc) is 2.35. The molecule has 0 aromatic heterocycles. The predicted molar refractivity (Wildman–Crippen MR) is 88.8 cm³/mol. The zero-order chi connectivity index (χ0) is 14.8. The van der Waals surface area contributed by atoms with E-state index in [1.165, 1.54) is 57.8 Å². The lowest BCUT2D eigenvalue weighted by atomic mass is 9.81. The monoisotopic (exact) mass is 269 g/mol. The minimum Gasteiger partial charge on any atom is -0.312 e. The van der Waals surface area contributed by atoms with Gasteiger partial charge in [-0.25, -0.2) is 0 Å². The van der Waals surface area contributed by atoms with Crippen LogP contribution >= 0.6 is 0 Å². The Morgan fingerprint density at radius 2 is 1.26 bits per heavy atom. The summed E-state index contributed by atoms with van der Waals surface area (Å²) < 4.78 is 0. The largest absolute Gasteiger partial charge is 0.312 e. The van der Waals surface area contributed by atoms with Crippen LogP contribution in [-0.2, 0) is 0 Å². The third-order valence-corrected chi connectivity index (χ3v) is 4.28. The summed E-state index contributed by atoms with van der Waals surface area (Å²) in [4.78, 5) is 0. The van der Waals surface area contributed by atoms with Crippen LogP contribution in [0.3, 0.4) is 0 Å². The molecule has 0 rings (SSSR count). The number of hydrogen-bond donors (Lipinski definition) is 1. The lowest BCUT2D eigenvalue weighted by molar-refractivity contribution is 0.231. The molecule has 1 heteroatoms. The zero-order valence-corrected chi connectivity index (χ0v) is 14.6. The molecule has 0 fully saturated rings. The summed E-state index contributed by atoms with van der Waals surface area (Å²) in [6.07, 6.45) is 12.6. The molecule has 0 aliphatic carbocycles. The Hall–Kier alpha value is -0.0400. The van der Waals surface area contributed by atoms with Crippen molar-refractivity contribution in [2.45, 2.75) is 105 Å². The second-order valence-corrected chi connectivity index (χ2v) is 7.64. The minimum absolute atomic E-state index is 0.247. The molecule has 1 unspecified atom stereocenters. The molecule has 19 heavy (non-hydrogen) atoms. The van der Waals surface area contributed by atoms with E-state index in [1.807, 2.05) is 0 Å². The first-order chi connectivity index (χ1) is 8.83. The van der Waals surface area contributed by atoms with Crippen molar-refractivity contribution in [1.29, 1.82) is 0 Å². The van der Waals surface area contributed by atoms with Crippen molar-refractivity contribution < 1.29 is 0 Å². The van der Waals surface area contributed by atoms with Crippen LogP contribution in [0, 0.1) is 5.41 Å². The van der Waals surface area contributed by atoms with E-state index in [4.69, 9.17) is 0 Å². The summed E-state index contributed by atoms with van der Waals surface area (Å²) in [6.45, 7) is 15.0. The third-order valence-electron chi connectivity index (χ3n) is 4.28. The van der Waals surface area contributed by atoms with Crippen LogP contribution < -0.4 is 5.32 Å². The van der Waals surface area contributed by atoms with E-state index in [-0.39, 0.29) is 5.54 Å². The van der Waals surface area contributed by atoms with Crippen LogP contribution in [0.25, 0.3) is 0 Å². The zero-order valence-electron chi connectivity index (χ0n) is 14.6. The van der Waals surface area contributed by atoms with Gasteiger partial charge in [0.15, 0.2) is 0 Å². The molecule has 0 saturated carbocycles. The standard InChI is InChI=1S/C18H39N/c1-7-9-10-11-12-13-14-15-18(6,8-2)16-19-17(3,4)5/h19H,7-16H2,1-6H3. The van der Waals surface area contributed by atoms with E-state index in [0.717, 1.165) is 6.54 Å². The maximum atomic E-state index is 3.68. The maximum Gasteiger partial charge on any atom is 0.00967 e. The van der Waals surface area contributed by atoms with Crippen molar-refractivity contribution in [2.24, 2.45) is 5.41 Å². The van der Waals surface area contributed by atoms with Gasteiger partial charge in [0.1, 0.15) is 0 Å². The van der Waals surface area contributed by atoms with Gasteiger partial charge >= 0.3 is 0 Å². The highest BCUT2D eigenvalue weighted by molar-refractivity contribution is 4.80. The van der Waals surface area contributed by atoms with Gasteiger partial charge in [-0.2, -0.15) is 0 Å². The van der Waals surface area contributed by atoms with Gasteiger partial charge in [-0.1, -0.05) is 65.7 Å². The Labute approximate surface area is 122 Å². The lowest BCUT2D eigenvalue weighted by Gasteiger charge is -2.33. The second-order valence-electron chi connectivity index (χ2n) is 7.64. The van der Waals surface area contributed by atoms with Crippen molar-refractivity contribution in [3.63, 3.8) is 0 Å². The van der Waals surface area contributed by atoms with Crippen molar-refractivity contribution in [3.05, 3.63) is 0 Å². The predicted octanol–water partition coefficient (Wildman–Crippen LogP) is 5.93. The fourth-order valence-corrected chi connectivity index (χ4v) is 2.38. The van der Waals surface area contributed by atoms with Crippen molar-refractivity contribution in [3.8, 4) is 0 Å². The molecule has 1 N–H and O–H groups in total. The molecule has 1 nitrogen and oxygen atoms in total. The number of nitrogens with one attached hydrogen (secondary N) is 1. The van der Waals surface area contributed by atoms with E-state index in [9.17, 15) is 0 Å². The van der Waals surface area contributed by atoms with Gasteiger partial charge in [-0.3, -0.25) is 0 Å². The van der Waals surface area contributed by atoms with Crippen LogP contribution in [0.1, 0.15) is 99.3 Å². The molecule has 0 spiro atoms. The fraction of sp³-hybridized carbons (Fsp3) is 1.00. The Bertz CT molecular complexity index is 204. The molecule has 0 radical (unpaired) electrons. The van der Waals surface area contributed by atoms with E-state index in [1.54, 1.807) is 0 Å². The van der Waals surface area contributed by atoms with Gasteiger partial charge in [0.2, 0.25) is 0 Å². The molecule has 116 valence electrons. The number of hydrogen-bond acceptors (Lipinski definition) is 1. The minimum atomic E-state index is 0.247. The molecule has 0 saturated heterocycles. The summed E-state index contributed by atoms with van der Waals surface area (Å²) in [5, 5.41) is 3.68.